The van der Waals surface area contributed by atoms with Crippen molar-refractivity contribution < 1.29 is 4.79 Å². The summed E-state index contributed by atoms with van der Waals surface area (Å²) in [5, 5.41) is 0. The van der Waals surface area contributed by atoms with E-state index in [0.29, 0.717) is 0 Å². The fourth-order valence-electron chi connectivity index (χ4n) is 0.0264. The number of thiol groups is 1. The van der Waals surface area contributed by atoms with Gasteiger partial charge in [-0.3, -0.25) is 4.72 Å². The van der Waals surface area contributed by atoms with E-state index in [9.17, 15) is 4.79 Å². The lowest BCUT2D eigenvalue weighted by Gasteiger charge is -2.12. The normalized spacial score (nSPS) is 11.3. The summed E-state index contributed by atoms with van der Waals surface area (Å²) >= 11 is 3.70. The number of hydrogen-bond acceptors (Lipinski definition) is 3. The molecule has 0 aromatic heterocycles. The van der Waals surface area contributed by atoms with E-state index in [-0.39, 0.29) is 0 Å². The van der Waals surface area contributed by atoms with Crippen LogP contribution in [0.2, 0.25) is 0 Å². The van der Waals surface area contributed by atoms with Crippen molar-refractivity contribution in [2.45, 2.75) is 19.4 Å². The molecule has 2 nitrogen and oxygen atoms in total. The van der Waals surface area contributed by atoms with Gasteiger partial charge in [0.2, 0.25) is 0 Å². The van der Waals surface area contributed by atoms with Crippen molar-refractivity contribution in [3.63, 3.8) is 0 Å². The minimum absolute atomic E-state index is 0.483. The van der Waals surface area contributed by atoms with E-state index < -0.39 is 5.54 Å². The molecule has 0 aliphatic heterocycles. The maximum absolute atomic E-state index is 9.95. The summed E-state index contributed by atoms with van der Waals surface area (Å²) in [4.78, 5) is 9.95. The summed E-state index contributed by atoms with van der Waals surface area (Å²) < 4.78 is 2.52. The topological polar surface area (TPSA) is 29.1 Å². The summed E-state index contributed by atoms with van der Waals surface area (Å²) in [5.41, 5.74) is -0.483. The first-order chi connectivity index (χ1) is 3.12. The molecule has 0 radical (unpaired) electrons. The molecule has 0 heterocycles. The van der Waals surface area contributed by atoms with Gasteiger partial charge in [0.05, 0.1) is 5.54 Å². The van der Waals surface area contributed by atoms with Gasteiger partial charge in [0.15, 0.2) is 0 Å². The van der Waals surface area contributed by atoms with Gasteiger partial charge in [-0.25, -0.2) is 0 Å². The second-order valence-electron chi connectivity index (χ2n) is 1.95. The summed E-state index contributed by atoms with van der Waals surface area (Å²) in [7, 11) is 0. The molecular formula is C4H9NOS. The first-order valence-electron chi connectivity index (χ1n) is 2.00. The predicted octanol–water partition coefficient (Wildman–Crippen LogP) is 0.398. The quantitative estimate of drug-likeness (QED) is 0.407. The monoisotopic (exact) mass is 119 g/mol. The van der Waals surface area contributed by atoms with Crippen LogP contribution in [0, 0.1) is 0 Å². The minimum Gasteiger partial charge on any atom is -0.301 e. The lowest BCUT2D eigenvalue weighted by molar-refractivity contribution is -0.111. The summed E-state index contributed by atoms with van der Waals surface area (Å²) in [6.45, 7) is 3.49. The van der Waals surface area contributed by atoms with Crippen LogP contribution in [0.5, 0.6) is 0 Å². The van der Waals surface area contributed by atoms with Crippen LogP contribution < -0.4 is 4.72 Å². The molecule has 0 bridgehead atoms. The second kappa shape index (κ2) is 2.33. The SMILES string of the molecule is CC(C)(C=O)NS. The number of nitrogens with one attached hydrogen (secondary N) is 1. The van der Waals surface area contributed by atoms with Crippen LogP contribution in [0.4, 0.5) is 0 Å². The average molecular weight is 119 g/mol. The molecule has 0 saturated heterocycles. The molecule has 7 heavy (non-hydrogen) atoms. The van der Waals surface area contributed by atoms with Gasteiger partial charge in [-0.05, 0) is 13.8 Å². The molecule has 0 aromatic carbocycles. The van der Waals surface area contributed by atoms with Crippen molar-refractivity contribution in [1.82, 2.24) is 4.72 Å². The van der Waals surface area contributed by atoms with Gasteiger partial charge in [-0.15, -0.1) is 0 Å². The fourth-order valence-corrected chi connectivity index (χ4v) is 0.0791. The standard InChI is InChI=1S/C4H9NOS/c1-4(2,3-6)5-7/h3,5,7H,1-2H3. The Morgan fingerprint density at radius 1 is 1.71 bits per heavy atom. The molecule has 0 rings (SSSR count). The highest BCUT2D eigenvalue weighted by molar-refractivity contribution is 7.78. The molecule has 1 N–H and O–H groups in total. The van der Waals surface area contributed by atoms with Gasteiger partial charge in [0.25, 0.3) is 0 Å². The molecule has 0 aliphatic rings. The number of aldehydes is 1. The Morgan fingerprint density at radius 2 is 2.14 bits per heavy atom. The second-order valence-corrected chi connectivity index (χ2v) is 2.17. The van der Waals surface area contributed by atoms with Gasteiger partial charge in [-0.1, -0.05) is 12.8 Å². The average Bonchev–Trinajstić information content (AvgIpc) is 1.68. The highest BCUT2D eigenvalue weighted by Gasteiger charge is 2.11. The third kappa shape index (κ3) is 2.65. The van der Waals surface area contributed by atoms with E-state index in [1.807, 2.05) is 0 Å². The summed E-state index contributed by atoms with van der Waals surface area (Å²) in [6.07, 6.45) is 0.806. The molecule has 0 saturated carbocycles. The third-order valence-corrected chi connectivity index (χ3v) is 1.16. The Hall–Kier alpha value is -0.0200. The van der Waals surface area contributed by atoms with Crippen molar-refractivity contribution >= 4 is 19.1 Å². The molecule has 0 fully saturated rings. The lowest BCUT2D eigenvalue weighted by Crippen LogP contribution is -2.33. The molecule has 0 amide bonds. The van der Waals surface area contributed by atoms with Crippen molar-refractivity contribution in [2.75, 3.05) is 0 Å². The molecule has 3 heteroatoms. The van der Waals surface area contributed by atoms with Gasteiger partial charge in [0, 0.05) is 0 Å². The molecule has 0 spiro atoms. The van der Waals surface area contributed by atoms with E-state index in [1.54, 1.807) is 13.8 Å². The number of hydrogen-bond donors (Lipinski definition) is 2. The van der Waals surface area contributed by atoms with Crippen molar-refractivity contribution in [3.8, 4) is 0 Å². The van der Waals surface area contributed by atoms with Crippen LogP contribution in [0.25, 0.3) is 0 Å². The van der Waals surface area contributed by atoms with Crippen LogP contribution in [-0.2, 0) is 4.79 Å². The zero-order valence-electron chi connectivity index (χ0n) is 4.43. The van der Waals surface area contributed by atoms with E-state index in [1.165, 1.54) is 0 Å². The van der Waals surface area contributed by atoms with E-state index in [0.717, 1.165) is 6.29 Å². The van der Waals surface area contributed by atoms with Crippen molar-refractivity contribution in [2.24, 2.45) is 0 Å². The van der Waals surface area contributed by atoms with Gasteiger partial charge < -0.3 is 4.79 Å². The third-order valence-electron chi connectivity index (χ3n) is 0.583. The Morgan fingerprint density at radius 3 is 2.14 bits per heavy atom. The van der Waals surface area contributed by atoms with E-state index in [4.69, 9.17) is 0 Å². The van der Waals surface area contributed by atoms with Gasteiger partial charge >= 0.3 is 0 Å². The fraction of sp³-hybridized carbons (Fsp3) is 0.750. The zero-order valence-corrected chi connectivity index (χ0v) is 5.33. The molecular weight excluding hydrogens is 110 g/mol. The smallest absolute Gasteiger partial charge is 0.140 e. The van der Waals surface area contributed by atoms with E-state index in [2.05, 4.69) is 17.5 Å². The molecule has 42 valence electrons. The Kier molecular flexibility index (Phi) is 2.32. The molecule has 0 atom stereocenters. The first kappa shape index (κ1) is 6.98. The highest BCUT2D eigenvalue weighted by atomic mass is 32.1. The van der Waals surface area contributed by atoms with Crippen LogP contribution in [0.15, 0.2) is 0 Å². The minimum atomic E-state index is -0.483. The molecule has 0 unspecified atom stereocenters. The van der Waals surface area contributed by atoms with Gasteiger partial charge in [-0.2, -0.15) is 0 Å². The van der Waals surface area contributed by atoms with Crippen molar-refractivity contribution in [3.05, 3.63) is 0 Å². The number of carbonyl (C=O) groups is 1. The lowest BCUT2D eigenvalue weighted by atomic mass is 10.1. The molecule has 0 aromatic rings. The van der Waals surface area contributed by atoms with E-state index >= 15 is 0 Å². The highest BCUT2D eigenvalue weighted by Crippen LogP contribution is 1.95. The van der Waals surface area contributed by atoms with Crippen molar-refractivity contribution in [1.29, 1.82) is 0 Å². The van der Waals surface area contributed by atoms with Gasteiger partial charge in [0.1, 0.15) is 6.29 Å². The maximum atomic E-state index is 9.95. The Balaban J connectivity index is 3.58. The summed E-state index contributed by atoms with van der Waals surface area (Å²) in [6, 6.07) is 0. The number of rotatable bonds is 2. The van der Waals surface area contributed by atoms with Crippen LogP contribution in [-0.4, -0.2) is 11.8 Å². The molecule has 0 aliphatic carbocycles. The van der Waals surface area contributed by atoms with Crippen LogP contribution >= 0.6 is 12.8 Å². The predicted molar refractivity (Wildman–Crippen MR) is 32.3 cm³/mol. The Labute approximate surface area is 48.8 Å². The maximum Gasteiger partial charge on any atom is 0.140 e. The Bertz CT molecular complexity index is 72.1. The van der Waals surface area contributed by atoms with Crippen LogP contribution in [0.1, 0.15) is 13.8 Å². The largest absolute Gasteiger partial charge is 0.301 e. The number of carbonyl (C=O) groups excluding carboxylic acids is 1. The summed E-state index contributed by atoms with van der Waals surface area (Å²) in [5.74, 6) is 0. The first-order valence-corrected chi connectivity index (χ1v) is 2.45. The zero-order chi connectivity index (χ0) is 5.91. The van der Waals surface area contributed by atoms with Crippen LogP contribution in [0.3, 0.4) is 0 Å².